The highest BCUT2D eigenvalue weighted by atomic mass is 35.5. The Morgan fingerprint density at radius 2 is 1.83 bits per heavy atom. The number of aryl methyl sites for hydroxylation is 2. The Kier molecular flexibility index (Phi) is 7.53. The van der Waals surface area contributed by atoms with Gasteiger partial charge in [0.2, 0.25) is 0 Å². The number of benzene rings is 2. The van der Waals surface area contributed by atoms with Crippen LogP contribution in [0.1, 0.15) is 58.5 Å². The summed E-state index contributed by atoms with van der Waals surface area (Å²) in [4.78, 5) is 12.7. The molecule has 0 radical (unpaired) electrons. The number of nitrogens with one attached hydrogen (secondary N) is 1. The third-order valence-corrected chi connectivity index (χ3v) is 6.30. The van der Waals surface area contributed by atoms with Gasteiger partial charge >= 0.3 is 0 Å². The molecule has 1 amide bonds. The van der Waals surface area contributed by atoms with Crippen molar-refractivity contribution in [3.05, 3.63) is 98.5 Å². The fourth-order valence-electron chi connectivity index (χ4n) is 3.64. The number of hydrogen-bond donors (Lipinski definition) is 1. The normalized spacial score (nSPS) is 11.2. The number of nitrogens with zero attached hydrogens (tertiary/aromatic N) is 2. The average molecular weight is 512 g/mol. The smallest absolute Gasteiger partial charge is 0.292 e. The van der Waals surface area contributed by atoms with Crippen LogP contribution in [0.3, 0.4) is 0 Å². The Morgan fingerprint density at radius 1 is 1.09 bits per heavy atom. The lowest BCUT2D eigenvalue weighted by Gasteiger charge is -2.15. The van der Waals surface area contributed by atoms with E-state index in [1.54, 1.807) is 12.1 Å². The molecule has 0 aliphatic carbocycles. The van der Waals surface area contributed by atoms with Crippen LogP contribution in [-0.2, 0) is 13.2 Å². The van der Waals surface area contributed by atoms with E-state index in [-0.39, 0.29) is 24.2 Å². The maximum Gasteiger partial charge on any atom is 0.292 e. The van der Waals surface area contributed by atoms with Crippen molar-refractivity contribution in [3.63, 3.8) is 0 Å². The minimum atomic E-state index is -0.377. The number of amides is 1. The predicted molar refractivity (Wildman–Crippen MR) is 139 cm³/mol. The van der Waals surface area contributed by atoms with Gasteiger partial charge in [-0.15, -0.1) is 0 Å². The number of rotatable bonds is 8. The molecule has 2 heterocycles. The summed E-state index contributed by atoms with van der Waals surface area (Å²) in [6, 6.07) is 16.6. The lowest BCUT2D eigenvalue weighted by atomic mass is 10.0. The van der Waals surface area contributed by atoms with Crippen LogP contribution in [0.25, 0.3) is 0 Å². The largest absolute Gasteiger partial charge is 0.485 e. The number of carbonyl (C=O) groups is 1. The second kappa shape index (κ2) is 10.6. The Labute approximate surface area is 214 Å². The Bertz CT molecular complexity index is 1340. The Hall–Kier alpha value is -3.22. The van der Waals surface area contributed by atoms with Crippen LogP contribution in [0.5, 0.6) is 5.75 Å². The quantitative estimate of drug-likeness (QED) is 0.267. The van der Waals surface area contributed by atoms with Crippen LogP contribution in [-0.4, -0.2) is 15.7 Å². The minimum absolute atomic E-state index is 0.185. The van der Waals surface area contributed by atoms with Gasteiger partial charge in [-0.3, -0.25) is 9.48 Å². The van der Waals surface area contributed by atoms with Gasteiger partial charge in [-0.1, -0.05) is 49.2 Å². The molecule has 0 saturated heterocycles. The zero-order chi connectivity index (χ0) is 25.1. The van der Waals surface area contributed by atoms with E-state index in [4.69, 9.17) is 32.4 Å². The number of aromatic nitrogens is 2. The molecule has 4 rings (SSSR count). The van der Waals surface area contributed by atoms with Crippen molar-refractivity contribution in [3.8, 4) is 5.75 Å². The molecule has 0 unspecified atom stereocenters. The molecular formula is C27H27Cl2N3O3. The highest BCUT2D eigenvalue weighted by Gasteiger charge is 2.16. The van der Waals surface area contributed by atoms with Crippen LogP contribution in [0, 0.1) is 13.8 Å². The summed E-state index contributed by atoms with van der Waals surface area (Å²) in [5.41, 5.74) is 3.94. The van der Waals surface area contributed by atoms with Crippen molar-refractivity contribution in [2.75, 3.05) is 5.32 Å². The molecule has 0 aliphatic rings. The first kappa shape index (κ1) is 24.9. The van der Waals surface area contributed by atoms with Gasteiger partial charge in [0.15, 0.2) is 11.6 Å². The lowest BCUT2D eigenvalue weighted by molar-refractivity contribution is 0.0992. The molecule has 0 fully saturated rings. The van der Waals surface area contributed by atoms with Gasteiger partial charge in [0.05, 0.1) is 6.54 Å². The predicted octanol–water partition coefficient (Wildman–Crippen LogP) is 7.40. The third-order valence-electron chi connectivity index (χ3n) is 5.64. The molecule has 0 spiro atoms. The molecule has 0 aliphatic heterocycles. The molecule has 6 nitrogen and oxygen atoms in total. The molecular weight excluding hydrogens is 485 g/mol. The van der Waals surface area contributed by atoms with E-state index >= 15 is 0 Å². The van der Waals surface area contributed by atoms with E-state index in [0.29, 0.717) is 28.2 Å². The maximum atomic E-state index is 12.7. The average Bonchev–Trinajstić information content (AvgIpc) is 3.42. The van der Waals surface area contributed by atoms with Crippen LogP contribution in [0.2, 0.25) is 10.0 Å². The molecule has 4 aromatic rings. The second-order valence-corrected chi connectivity index (χ2v) is 9.60. The van der Waals surface area contributed by atoms with Crippen molar-refractivity contribution in [2.24, 2.45) is 0 Å². The minimum Gasteiger partial charge on any atom is -0.485 e. The summed E-state index contributed by atoms with van der Waals surface area (Å²) in [5, 5.41) is 8.69. The van der Waals surface area contributed by atoms with Gasteiger partial charge in [-0.05, 0) is 72.9 Å². The van der Waals surface area contributed by atoms with Gasteiger partial charge in [-0.2, -0.15) is 5.10 Å². The van der Waals surface area contributed by atoms with Crippen LogP contribution < -0.4 is 10.1 Å². The van der Waals surface area contributed by atoms with E-state index < -0.39 is 0 Å². The summed E-state index contributed by atoms with van der Waals surface area (Å²) < 4.78 is 13.6. The van der Waals surface area contributed by atoms with Gasteiger partial charge in [0, 0.05) is 21.8 Å². The molecule has 1 N–H and O–H groups in total. The second-order valence-electron chi connectivity index (χ2n) is 8.76. The lowest BCUT2D eigenvalue weighted by Crippen LogP contribution is -2.12. The van der Waals surface area contributed by atoms with Gasteiger partial charge < -0.3 is 14.5 Å². The summed E-state index contributed by atoms with van der Waals surface area (Å²) >= 11 is 12.2. The monoisotopic (exact) mass is 511 g/mol. The van der Waals surface area contributed by atoms with E-state index in [1.807, 2.05) is 61.0 Å². The summed E-state index contributed by atoms with van der Waals surface area (Å²) in [6.45, 7) is 8.81. The van der Waals surface area contributed by atoms with Crippen molar-refractivity contribution in [1.29, 1.82) is 0 Å². The number of halogens is 2. The molecule has 8 heteroatoms. The molecule has 2 aromatic carbocycles. The fraction of sp³-hybridized carbons (Fsp3) is 0.259. The van der Waals surface area contributed by atoms with E-state index in [0.717, 1.165) is 28.1 Å². The van der Waals surface area contributed by atoms with Crippen LogP contribution in [0.4, 0.5) is 5.82 Å². The Morgan fingerprint density at radius 3 is 2.54 bits per heavy atom. The fourth-order valence-corrected chi connectivity index (χ4v) is 3.94. The first-order valence-electron chi connectivity index (χ1n) is 11.3. The number of hydrogen-bond acceptors (Lipinski definition) is 4. The number of ether oxygens (including phenoxy) is 1. The first-order chi connectivity index (χ1) is 16.7. The maximum absolute atomic E-state index is 12.7. The zero-order valence-corrected chi connectivity index (χ0v) is 21.6. The van der Waals surface area contributed by atoms with Gasteiger partial charge in [-0.25, -0.2) is 0 Å². The van der Waals surface area contributed by atoms with E-state index in [9.17, 15) is 4.79 Å². The van der Waals surface area contributed by atoms with Gasteiger partial charge in [0.25, 0.3) is 5.91 Å². The standard InChI is InChI=1S/C27H27Cl2N3O3/c1-16(2)22-13-23(29)17(3)11-25(22)34-15-21-9-10-24(35-21)27(33)30-26-12-18(4)32(31-26)14-19-5-7-20(28)8-6-19/h5-13,16H,14-15H2,1-4H3,(H,30,31,33). The summed E-state index contributed by atoms with van der Waals surface area (Å²) in [6.07, 6.45) is 0. The van der Waals surface area contributed by atoms with Crippen LogP contribution in [0.15, 0.2) is 59.0 Å². The molecule has 0 saturated carbocycles. The van der Waals surface area contributed by atoms with Crippen LogP contribution >= 0.6 is 23.2 Å². The zero-order valence-electron chi connectivity index (χ0n) is 20.1. The third kappa shape index (κ3) is 6.08. The first-order valence-corrected chi connectivity index (χ1v) is 12.1. The summed E-state index contributed by atoms with van der Waals surface area (Å²) in [5.74, 6) is 1.81. The van der Waals surface area contributed by atoms with Crippen molar-refractivity contribution in [1.82, 2.24) is 9.78 Å². The highest BCUT2D eigenvalue weighted by Crippen LogP contribution is 2.32. The molecule has 182 valence electrons. The van der Waals surface area contributed by atoms with E-state index in [1.165, 1.54) is 0 Å². The topological polar surface area (TPSA) is 69.3 Å². The van der Waals surface area contributed by atoms with Gasteiger partial charge in [0.1, 0.15) is 18.1 Å². The molecule has 35 heavy (non-hydrogen) atoms. The number of anilines is 1. The SMILES string of the molecule is Cc1cc(OCc2ccc(C(=O)Nc3cc(C)n(Cc4ccc(Cl)cc4)n3)o2)c(C(C)C)cc1Cl. The number of carbonyl (C=O) groups excluding carboxylic acids is 1. The van der Waals surface area contributed by atoms with Crippen molar-refractivity contribution < 1.29 is 13.9 Å². The molecule has 2 aromatic heterocycles. The van der Waals surface area contributed by atoms with Crippen molar-refractivity contribution in [2.45, 2.75) is 46.8 Å². The van der Waals surface area contributed by atoms with Crippen molar-refractivity contribution >= 4 is 34.9 Å². The molecule has 0 bridgehead atoms. The molecule has 0 atom stereocenters. The number of furan rings is 1. The highest BCUT2D eigenvalue weighted by molar-refractivity contribution is 6.31. The van der Waals surface area contributed by atoms with E-state index in [2.05, 4.69) is 24.3 Å². The summed E-state index contributed by atoms with van der Waals surface area (Å²) in [7, 11) is 0. The Balaban J connectivity index is 1.39.